The van der Waals surface area contributed by atoms with Crippen LogP contribution in [0.15, 0.2) is 65.7 Å². The topological polar surface area (TPSA) is 112 Å². The van der Waals surface area contributed by atoms with Crippen molar-refractivity contribution in [1.29, 1.82) is 0 Å². The first-order valence-electron chi connectivity index (χ1n) is 9.66. The second-order valence-corrected chi connectivity index (χ2v) is 9.18. The first kappa shape index (κ1) is 22.1. The molecule has 0 saturated heterocycles. The number of carbonyl (C=O) groups is 1. The molecule has 1 aliphatic rings. The Bertz CT molecular complexity index is 1310. The number of amides is 1. The molecule has 2 N–H and O–H groups in total. The van der Waals surface area contributed by atoms with Crippen LogP contribution in [0, 0.1) is 0 Å². The van der Waals surface area contributed by atoms with E-state index in [9.17, 15) is 13.2 Å². The number of hydrogen-bond donors (Lipinski definition) is 1. The van der Waals surface area contributed by atoms with E-state index in [0.717, 1.165) is 0 Å². The van der Waals surface area contributed by atoms with E-state index in [-0.39, 0.29) is 39.9 Å². The molecule has 0 bridgehead atoms. The van der Waals surface area contributed by atoms with Crippen LogP contribution in [0.3, 0.4) is 0 Å². The van der Waals surface area contributed by atoms with Gasteiger partial charge < -0.3 is 15.2 Å². The van der Waals surface area contributed by atoms with Gasteiger partial charge in [-0.1, -0.05) is 23.7 Å². The number of hydrogen-bond acceptors (Lipinski definition) is 7. The standard InChI is InChI=1S/C22H20ClN3O5S/c1-3-31-20-15(7-6-12-25-20)22(24)16-13-14(23)10-11-17(16)26(21(22)27)32(28,29)19-9-5-4-8-18(19)30-2/h4-13H,3,24H2,1-2H3. The number of pyridine rings is 1. The van der Waals surface area contributed by atoms with E-state index in [4.69, 9.17) is 26.8 Å². The minimum absolute atomic E-state index is 0.0964. The summed E-state index contributed by atoms with van der Waals surface area (Å²) < 4.78 is 38.9. The summed E-state index contributed by atoms with van der Waals surface area (Å²) in [7, 11) is -3.03. The van der Waals surface area contributed by atoms with Crippen LogP contribution >= 0.6 is 11.6 Å². The number of rotatable bonds is 6. The molecule has 0 radical (unpaired) electrons. The minimum Gasteiger partial charge on any atom is -0.495 e. The number of nitrogens with zero attached hydrogens (tertiary/aromatic N) is 2. The van der Waals surface area contributed by atoms with Gasteiger partial charge in [0.05, 0.1) is 19.4 Å². The summed E-state index contributed by atoms with van der Waals surface area (Å²) in [6.45, 7) is 2.04. The van der Waals surface area contributed by atoms with Crippen molar-refractivity contribution in [1.82, 2.24) is 4.98 Å². The van der Waals surface area contributed by atoms with Gasteiger partial charge in [-0.15, -0.1) is 0 Å². The van der Waals surface area contributed by atoms with Crippen molar-refractivity contribution < 1.29 is 22.7 Å². The summed E-state index contributed by atoms with van der Waals surface area (Å²) in [4.78, 5) is 17.8. The molecule has 32 heavy (non-hydrogen) atoms. The van der Waals surface area contributed by atoms with Crippen molar-refractivity contribution >= 4 is 33.2 Å². The van der Waals surface area contributed by atoms with Gasteiger partial charge >= 0.3 is 0 Å². The SMILES string of the molecule is CCOc1ncccc1C1(N)C(=O)N(S(=O)(=O)c2ccccc2OC)c2ccc(Cl)cc21. The number of halogens is 1. The maximum atomic E-state index is 13.8. The van der Waals surface area contributed by atoms with Crippen molar-refractivity contribution in [2.75, 3.05) is 18.0 Å². The number of fused-ring (bicyclic) bond motifs is 1. The number of aromatic nitrogens is 1. The fraction of sp³-hybridized carbons (Fsp3) is 0.182. The molecule has 1 amide bonds. The molecule has 0 spiro atoms. The van der Waals surface area contributed by atoms with Crippen molar-refractivity contribution in [2.24, 2.45) is 5.73 Å². The molecule has 1 unspecified atom stereocenters. The highest BCUT2D eigenvalue weighted by molar-refractivity contribution is 7.93. The molecule has 0 fully saturated rings. The Labute approximate surface area is 190 Å². The first-order valence-corrected chi connectivity index (χ1v) is 11.5. The third kappa shape index (κ3) is 3.21. The number of methoxy groups -OCH3 is 1. The molecule has 1 aliphatic heterocycles. The highest BCUT2D eigenvalue weighted by Gasteiger charge is 2.55. The zero-order valence-corrected chi connectivity index (χ0v) is 18.9. The molecule has 1 atom stereocenters. The van der Waals surface area contributed by atoms with Gasteiger partial charge in [0.2, 0.25) is 5.88 Å². The maximum Gasteiger partial charge on any atom is 0.274 e. The normalized spacial score (nSPS) is 17.9. The zero-order chi connectivity index (χ0) is 23.1. The van der Waals surface area contributed by atoms with E-state index in [1.165, 1.54) is 43.6 Å². The third-order valence-corrected chi connectivity index (χ3v) is 7.16. The van der Waals surface area contributed by atoms with Gasteiger partial charge in [0.15, 0.2) is 5.54 Å². The summed E-state index contributed by atoms with van der Waals surface area (Å²) in [6, 6.07) is 13.7. The van der Waals surface area contributed by atoms with Gasteiger partial charge in [0.25, 0.3) is 15.9 Å². The number of benzene rings is 2. The van der Waals surface area contributed by atoms with Gasteiger partial charge in [-0.2, -0.15) is 0 Å². The summed E-state index contributed by atoms with van der Waals surface area (Å²) in [5.74, 6) is -0.648. The summed E-state index contributed by atoms with van der Waals surface area (Å²) in [5.41, 5.74) is 5.36. The average Bonchev–Trinajstić information content (AvgIpc) is 3.02. The van der Waals surface area contributed by atoms with Gasteiger partial charge in [-0.3, -0.25) is 4.79 Å². The Morgan fingerprint density at radius 1 is 1.12 bits per heavy atom. The molecule has 0 saturated carbocycles. The molecular formula is C22H20ClN3O5S. The predicted molar refractivity (Wildman–Crippen MR) is 119 cm³/mol. The lowest BCUT2D eigenvalue weighted by atomic mass is 9.85. The monoisotopic (exact) mass is 473 g/mol. The van der Waals surface area contributed by atoms with Crippen LogP contribution in [-0.2, 0) is 20.4 Å². The van der Waals surface area contributed by atoms with Crippen molar-refractivity contribution in [3.63, 3.8) is 0 Å². The predicted octanol–water partition coefficient (Wildman–Crippen LogP) is 3.08. The van der Waals surface area contributed by atoms with E-state index in [1.807, 2.05) is 0 Å². The number of sulfonamides is 1. The Kier molecular flexibility index (Phi) is 5.58. The Hall–Kier alpha value is -3.14. The Balaban J connectivity index is 1.99. The number of nitrogens with two attached hydrogens (primary N) is 1. The van der Waals surface area contributed by atoms with Crippen LogP contribution < -0.4 is 19.5 Å². The summed E-state index contributed by atoms with van der Waals surface area (Å²) in [5, 5.41) is 0.296. The van der Waals surface area contributed by atoms with Crippen molar-refractivity contribution in [3.05, 3.63) is 76.9 Å². The fourth-order valence-corrected chi connectivity index (χ4v) is 5.56. The van der Waals surface area contributed by atoms with Crippen LogP contribution in [0.4, 0.5) is 5.69 Å². The smallest absolute Gasteiger partial charge is 0.274 e. The quantitative estimate of drug-likeness (QED) is 0.585. The Morgan fingerprint density at radius 2 is 1.88 bits per heavy atom. The van der Waals surface area contributed by atoms with Crippen molar-refractivity contribution in [2.45, 2.75) is 17.4 Å². The van der Waals surface area contributed by atoms with Crippen LogP contribution in [0.2, 0.25) is 5.02 Å². The number of para-hydroxylation sites is 1. The van der Waals surface area contributed by atoms with E-state index in [0.29, 0.717) is 9.33 Å². The van der Waals surface area contributed by atoms with E-state index >= 15 is 0 Å². The maximum absolute atomic E-state index is 13.8. The van der Waals surface area contributed by atoms with Gasteiger partial charge in [-0.25, -0.2) is 17.7 Å². The second-order valence-electron chi connectivity index (χ2n) is 6.98. The van der Waals surface area contributed by atoms with Crippen LogP contribution in [0.1, 0.15) is 18.1 Å². The molecule has 1 aromatic heterocycles. The molecule has 3 aromatic rings. The first-order chi connectivity index (χ1) is 15.3. The van der Waals surface area contributed by atoms with Crippen LogP contribution in [0.25, 0.3) is 0 Å². The number of anilines is 1. The van der Waals surface area contributed by atoms with Crippen LogP contribution in [-0.4, -0.2) is 33.0 Å². The molecule has 166 valence electrons. The highest BCUT2D eigenvalue weighted by Crippen LogP contribution is 2.48. The minimum atomic E-state index is -4.39. The second kappa shape index (κ2) is 8.09. The number of carbonyl (C=O) groups excluding carboxylic acids is 1. The van der Waals surface area contributed by atoms with E-state index in [2.05, 4.69) is 4.98 Å². The molecule has 4 rings (SSSR count). The van der Waals surface area contributed by atoms with Gasteiger partial charge in [0, 0.05) is 22.3 Å². The lowest BCUT2D eigenvalue weighted by Crippen LogP contribution is -2.50. The number of ether oxygens (including phenoxy) is 2. The Morgan fingerprint density at radius 3 is 2.59 bits per heavy atom. The molecule has 0 aliphatic carbocycles. The highest BCUT2D eigenvalue weighted by atomic mass is 35.5. The zero-order valence-electron chi connectivity index (χ0n) is 17.3. The van der Waals surface area contributed by atoms with E-state index in [1.54, 1.807) is 31.2 Å². The van der Waals surface area contributed by atoms with Crippen molar-refractivity contribution in [3.8, 4) is 11.6 Å². The molecule has 2 aromatic carbocycles. The lowest BCUT2D eigenvalue weighted by Gasteiger charge is -2.26. The lowest BCUT2D eigenvalue weighted by molar-refractivity contribution is -0.120. The molecule has 8 nitrogen and oxygen atoms in total. The van der Waals surface area contributed by atoms with Gasteiger partial charge in [-0.05, 0) is 49.4 Å². The average molecular weight is 474 g/mol. The largest absolute Gasteiger partial charge is 0.495 e. The summed E-state index contributed by atoms with van der Waals surface area (Å²) >= 11 is 6.21. The molecule has 2 heterocycles. The molecule has 10 heteroatoms. The van der Waals surface area contributed by atoms with Gasteiger partial charge in [0.1, 0.15) is 10.6 Å². The van der Waals surface area contributed by atoms with E-state index < -0.39 is 21.5 Å². The molecular weight excluding hydrogens is 454 g/mol. The summed E-state index contributed by atoms with van der Waals surface area (Å²) in [6.07, 6.45) is 1.50. The third-order valence-electron chi connectivity index (χ3n) is 5.19. The fourth-order valence-electron chi connectivity index (χ4n) is 3.76. The van der Waals surface area contributed by atoms with Crippen LogP contribution in [0.5, 0.6) is 11.6 Å².